The Morgan fingerprint density at radius 2 is 1.71 bits per heavy atom. The van der Waals surface area contributed by atoms with Crippen LogP contribution in [0.1, 0.15) is 19.4 Å². The Morgan fingerprint density at radius 1 is 1.03 bits per heavy atom. The van der Waals surface area contributed by atoms with Crippen molar-refractivity contribution in [3.05, 3.63) is 64.2 Å². The summed E-state index contributed by atoms with van der Waals surface area (Å²) < 4.78 is 24.5. The molecule has 0 saturated carbocycles. The number of nitrogens with one attached hydrogen (secondary N) is 2. The van der Waals surface area contributed by atoms with Gasteiger partial charge >= 0.3 is 6.03 Å². The van der Waals surface area contributed by atoms with Gasteiger partial charge in [-0.3, -0.25) is 4.79 Å². The molecular weight excluding hydrogens is 439 g/mol. The minimum atomic E-state index is -0.379. The van der Waals surface area contributed by atoms with E-state index in [2.05, 4.69) is 29.0 Å². The second-order valence-electron chi connectivity index (χ2n) is 8.09. The van der Waals surface area contributed by atoms with Crippen LogP contribution in [-0.2, 0) is 6.54 Å². The van der Waals surface area contributed by atoms with E-state index in [9.17, 15) is 14.0 Å². The van der Waals surface area contributed by atoms with E-state index in [0.717, 1.165) is 18.5 Å². The third-order valence-corrected chi connectivity index (χ3v) is 5.91. The lowest BCUT2D eigenvalue weighted by atomic mass is 10.1. The Kier molecular flexibility index (Phi) is 7.32. The molecule has 180 valence electrons. The van der Waals surface area contributed by atoms with Gasteiger partial charge in [-0.05, 0) is 49.5 Å². The molecule has 2 aromatic carbocycles. The van der Waals surface area contributed by atoms with Crippen LogP contribution in [0, 0.1) is 5.82 Å². The van der Waals surface area contributed by atoms with Crippen molar-refractivity contribution in [3.63, 3.8) is 0 Å². The number of benzene rings is 2. The maximum Gasteiger partial charge on any atom is 0.322 e. The van der Waals surface area contributed by atoms with Gasteiger partial charge in [0.2, 0.25) is 0 Å². The monoisotopic (exact) mass is 468 g/mol. The van der Waals surface area contributed by atoms with Crippen LogP contribution in [-0.4, -0.2) is 60.2 Å². The van der Waals surface area contributed by atoms with Crippen molar-refractivity contribution in [1.29, 1.82) is 0 Å². The molecule has 2 N–H and O–H groups in total. The Balaban J connectivity index is 1.59. The Morgan fingerprint density at radius 3 is 2.38 bits per heavy atom. The minimum absolute atomic E-state index is 0.119. The Hall–Kier alpha value is -3.59. The minimum Gasteiger partial charge on any atom is -0.486 e. The first-order chi connectivity index (χ1) is 16.5. The molecule has 2 amide bonds. The van der Waals surface area contributed by atoms with Crippen molar-refractivity contribution >= 4 is 22.6 Å². The van der Waals surface area contributed by atoms with E-state index in [4.69, 9.17) is 9.47 Å². The number of ether oxygens (including phenoxy) is 2. The molecule has 4 rings (SSSR count). The highest BCUT2D eigenvalue weighted by Gasteiger charge is 2.19. The van der Waals surface area contributed by atoms with Crippen LogP contribution in [0.3, 0.4) is 0 Å². The van der Waals surface area contributed by atoms with Gasteiger partial charge < -0.3 is 29.6 Å². The van der Waals surface area contributed by atoms with Crippen molar-refractivity contribution in [2.24, 2.45) is 0 Å². The molecule has 8 nitrogen and oxygen atoms in total. The van der Waals surface area contributed by atoms with Gasteiger partial charge in [0.05, 0.1) is 12.1 Å². The van der Waals surface area contributed by atoms with Crippen LogP contribution in [0.4, 0.5) is 14.9 Å². The first-order valence-corrected chi connectivity index (χ1v) is 11.5. The summed E-state index contributed by atoms with van der Waals surface area (Å²) in [6, 6.07) is 10.6. The molecule has 0 unspecified atom stereocenters. The number of aromatic amines is 1. The topological polar surface area (TPSA) is 86.9 Å². The number of halogens is 1. The number of pyridine rings is 1. The number of amides is 2. The highest BCUT2D eigenvalue weighted by molar-refractivity contribution is 5.89. The molecule has 3 aromatic rings. The highest BCUT2D eigenvalue weighted by atomic mass is 19.1. The van der Waals surface area contributed by atoms with Gasteiger partial charge in [-0.1, -0.05) is 13.8 Å². The average molecular weight is 469 g/mol. The molecule has 0 fully saturated rings. The number of anilines is 1. The second kappa shape index (κ2) is 10.6. The number of urea groups is 1. The molecule has 2 heterocycles. The molecule has 0 saturated heterocycles. The van der Waals surface area contributed by atoms with Crippen LogP contribution in [0.25, 0.3) is 10.9 Å². The summed E-state index contributed by atoms with van der Waals surface area (Å²) in [7, 11) is 0. The number of carbonyl (C=O) groups excluding carboxylic acids is 1. The van der Waals surface area contributed by atoms with E-state index in [-0.39, 0.29) is 24.0 Å². The van der Waals surface area contributed by atoms with Crippen molar-refractivity contribution in [1.82, 2.24) is 14.8 Å². The largest absolute Gasteiger partial charge is 0.486 e. The van der Waals surface area contributed by atoms with E-state index in [1.807, 2.05) is 6.07 Å². The summed E-state index contributed by atoms with van der Waals surface area (Å²) in [6.45, 7) is 7.97. The molecule has 0 spiro atoms. The first kappa shape index (κ1) is 23.6. The maximum absolute atomic E-state index is 13.3. The maximum atomic E-state index is 13.3. The predicted octanol–water partition coefficient (Wildman–Crippen LogP) is 3.81. The van der Waals surface area contributed by atoms with E-state index in [1.165, 1.54) is 24.3 Å². The summed E-state index contributed by atoms with van der Waals surface area (Å²) >= 11 is 0. The zero-order valence-corrected chi connectivity index (χ0v) is 19.4. The third-order valence-electron chi connectivity index (χ3n) is 5.91. The fourth-order valence-electron chi connectivity index (χ4n) is 3.90. The van der Waals surface area contributed by atoms with Crippen molar-refractivity contribution in [2.75, 3.05) is 44.7 Å². The molecule has 0 aliphatic carbocycles. The molecule has 1 aromatic heterocycles. The normalized spacial score (nSPS) is 12.7. The number of likely N-dealkylation sites (N-methyl/N-ethyl adjacent to an activating group) is 1. The quantitative estimate of drug-likeness (QED) is 0.525. The molecule has 9 heteroatoms. The predicted molar refractivity (Wildman–Crippen MR) is 129 cm³/mol. The van der Waals surface area contributed by atoms with Gasteiger partial charge in [-0.2, -0.15) is 0 Å². The SMILES string of the molecule is CCN(CC)CCN(Cc1cc2cc3c(cc2[nH]c1=O)OCCO3)C(=O)Nc1ccc(F)cc1. The summed E-state index contributed by atoms with van der Waals surface area (Å²) in [5, 5.41) is 3.59. The zero-order chi connectivity index (χ0) is 24.1. The Labute approximate surface area is 197 Å². The van der Waals surface area contributed by atoms with E-state index in [1.54, 1.807) is 17.0 Å². The van der Waals surface area contributed by atoms with Gasteiger partial charge in [0.15, 0.2) is 11.5 Å². The van der Waals surface area contributed by atoms with Gasteiger partial charge in [0.25, 0.3) is 5.56 Å². The molecule has 0 bridgehead atoms. The number of hydrogen-bond donors (Lipinski definition) is 2. The molecule has 1 aliphatic rings. The van der Waals surface area contributed by atoms with Crippen molar-refractivity contribution in [3.8, 4) is 11.5 Å². The average Bonchev–Trinajstić information content (AvgIpc) is 2.84. The highest BCUT2D eigenvalue weighted by Crippen LogP contribution is 2.33. The lowest BCUT2D eigenvalue weighted by molar-refractivity contribution is 0.172. The van der Waals surface area contributed by atoms with Crippen LogP contribution < -0.4 is 20.3 Å². The molecule has 0 radical (unpaired) electrons. The standard InChI is InChI=1S/C25H29FN4O4/c1-3-29(4-2)9-10-30(25(32)27-20-7-5-19(26)6-8-20)16-18-13-17-14-22-23(34-12-11-33-22)15-21(17)28-24(18)31/h5-8,13-15H,3-4,9-12,16H2,1-2H3,(H,27,32)(H,28,31). The fourth-order valence-corrected chi connectivity index (χ4v) is 3.90. The number of rotatable bonds is 8. The van der Waals surface area contributed by atoms with Gasteiger partial charge in [-0.25, -0.2) is 9.18 Å². The summed E-state index contributed by atoms with van der Waals surface area (Å²) in [5.74, 6) is 0.849. The van der Waals surface area contributed by atoms with E-state index in [0.29, 0.717) is 54.6 Å². The molecular formula is C25H29FN4O4. The summed E-state index contributed by atoms with van der Waals surface area (Å²) in [5.41, 5.74) is 1.31. The lowest BCUT2D eigenvalue weighted by Crippen LogP contribution is -2.41. The molecule has 0 atom stereocenters. The zero-order valence-electron chi connectivity index (χ0n) is 19.4. The smallest absolute Gasteiger partial charge is 0.322 e. The van der Waals surface area contributed by atoms with Crippen LogP contribution in [0.15, 0.2) is 47.3 Å². The number of hydrogen-bond acceptors (Lipinski definition) is 5. The van der Waals surface area contributed by atoms with Gasteiger partial charge in [-0.15, -0.1) is 0 Å². The van der Waals surface area contributed by atoms with Crippen LogP contribution in [0.2, 0.25) is 0 Å². The van der Waals surface area contributed by atoms with Crippen molar-refractivity contribution in [2.45, 2.75) is 20.4 Å². The number of carbonyl (C=O) groups is 1. The van der Waals surface area contributed by atoms with E-state index >= 15 is 0 Å². The number of fused-ring (bicyclic) bond motifs is 2. The molecule has 1 aliphatic heterocycles. The molecule has 34 heavy (non-hydrogen) atoms. The van der Waals surface area contributed by atoms with Gasteiger partial charge in [0.1, 0.15) is 19.0 Å². The fraction of sp³-hybridized carbons (Fsp3) is 0.360. The Bertz CT molecular complexity index is 1210. The second-order valence-corrected chi connectivity index (χ2v) is 8.09. The van der Waals surface area contributed by atoms with Crippen LogP contribution >= 0.6 is 0 Å². The van der Waals surface area contributed by atoms with Crippen LogP contribution in [0.5, 0.6) is 11.5 Å². The first-order valence-electron chi connectivity index (χ1n) is 11.5. The number of nitrogens with zero attached hydrogens (tertiary/aromatic N) is 2. The van der Waals surface area contributed by atoms with Crippen molar-refractivity contribution < 1.29 is 18.7 Å². The van der Waals surface area contributed by atoms with Gasteiger partial charge in [0, 0.05) is 35.8 Å². The summed E-state index contributed by atoms with van der Waals surface area (Å²) in [6.07, 6.45) is 0. The number of aromatic nitrogens is 1. The third kappa shape index (κ3) is 5.48. The summed E-state index contributed by atoms with van der Waals surface area (Å²) in [4.78, 5) is 32.7. The number of H-pyrrole nitrogens is 1. The lowest BCUT2D eigenvalue weighted by Gasteiger charge is -2.27. The van der Waals surface area contributed by atoms with E-state index < -0.39 is 0 Å².